The Morgan fingerprint density at radius 1 is 1.39 bits per heavy atom. The second kappa shape index (κ2) is 5.72. The van der Waals surface area contributed by atoms with Gasteiger partial charge in [-0.05, 0) is 30.6 Å². The summed E-state index contributed by atoms with van der Waals surface area (Å²) in [7, 11) is 0. The highest BCUT2D eigenvalue weighted by Crippen LogP contribution is 2.31. The van der Waals surface area contributed by atoms with Gasteiger partial charge in [0.25, 0.3) is 0 Å². The Balaban J connectivity index is 1.94. The van der Waals surface area contributed by atoms with Crippen molar-refractivity contribution in [2.45, 2.75) is 52.5 Å². The van der Waals surface area contributed by atoms with Crippen LogP contribution in [0.5, 0.6) is 0 Å². The molecular formula is C14H25N3O. The molecule has 0 bridgehead atoms. The highest BCUT2D eigenvalue weighted by Gasteiger charge is 2.36. The van der Waals surface area contributed by atoms with Crippen LogP contribution in [0.25, 0.3) is 0 Å². The van der Waals surface area contributed by atoms with E-state index in [-0.39, 0.29) is 11.9 Å². The molecule has 1 saturated carbocycles. The molecule has 4 nitrogen and oxygen atoms in total. The van der Waals surface area contributed by atoms with Crippen LogP contribution in [0.4, 0.5) is 0 Å². The van der Waals surface area contributed by atoms with Crippen molar-refractivity contribution in [1.29, 1.82) is 0 Å². The van der Waals surface area contributed by atoms with Crippen molar-refractivity contribution in [2.75, 3.05) is 6.54 Å². The van der Waals surface area contributed by atoms with Gasteiger partial charge in [-0.3, -0.25) is 15.1 Å². The predicted octanol–water partition coefficient (Wildman–Crippen LogP) is 1.91. The molecule has 2 aliphatic rings. The molecule has 0 spiro atoms. The zero-order chi connectivity index (χ0) is 13.1. The van der Waals surface area contributed by atoms with Gasteiger partial charge in [0.1, 0.15) is 6.04 Å². The quantitative estimate of drug-likeness (QED) is 0.805. The summed E-state index contributed by atoms with van der Waals surface area (Å²) >= 11 is 0. The second-order valence-electron chi connectivity index (χ2n) is 6.23. The van der Waals surface area contributed by atoms with Gasteiger partial charge in [0.05, 0.1) is 0 Å². The molecule has 3 atom stereocenters. The average molecular weight is 251 g/mol. The van der Waals surface area contributed by atoms with Crippen LogP contribution in [0, 0.1) is 17.8 Å². The smallest absolute Gasteiger partial charge is 0.249 e. The SMILES string of the molecule is CC(C)CN=C1NC(=O)C(C2CCCC(C)C2)N1. The summed E-state index contributed by atoms with van der Waals surface area (Å²) in [5.74, 6) is 2.52. The van der Waals surface area contributed by atoms with E-state index < -0.39 is 0 Å². The fraction of sp³-hybridized carbons (Fsp3) is 0.857. The molecule has 1 aliphatic heterocycles. The van der Waals surface area contributed by atoms with Gasteiger partial charge in [-0.2, -0.15) is 0 Å². The molecule has 1 heterocycles. The third-order valence-corrected chi connectivity index (χ3v) is 3.88. The van der Waals surface area contributed by atoms with Crippen LogP contribution in [-0.4, -0.2) is 24.5 Å². The normalized spacial score (nSPS) is 34.8. The summed E-state index contributed by atoms with van der Waals surface area (Å²) in [5, 5.41) is 6.15. The molecule has 18 heavy (non-hydrogen) atoms. The van der Waals surface area contributed by atoms with Gasteiger partial charge in [-0.25, -0.2) is 0 Å². The topological polar surface area (TPSA) is 53.5 Å². The summed E-state index contributed by atoms with van der Waals surface area (Å²) in [6.45, 7) is 7.30. The zero-order valence-electron chi connectivity index (χ0n) is 11.7. The van der Waals surface area contributed by atoms with Crippen molar-refractivity contribution >= 4 is 11.9 Å². The van der Waals surface area contributed by atoms with E-state index in [4.69, 9.17) is 0 Å². The fourth-order valence-electron chi connectivity index (χ4n) is 2.92. The minimum atomic E-state index is -0.0568. The van der Waals surface area contributed by atoms with Crippen molar-refractivity contribution < 1.29 is 4.79 Å². The number of nitrogens with zero attached hydrogens (tertiary/aromatic N) is 1. The van der Waals surface area contributed by atoms with Crippen LogP contribution in [0.1, 0.15) is 46.5 Å². The lowest BCUT2D eigenvalue weighted by molar-refractivity contribution is -0.121. The van der Waals surface area contributed by atoms with Crippen molar-refractivity contribution in [3.8, 4) is 0 Å². The molecule has 0 aromatic rings. The van der Waals surface area contributed by atoms with Gasteiger partial charge in [-0.1, -0.05) is 33.6 Å². The number of carbonyl (C=O) groups excluding carboxylic acids is 1. The maximum Gasteiger partial charge on any atom is 0.249 e. The van der Waals surface area contributed by atoms with Crippen LogP contribution >= 0.6 is 0 Å². The molecule has 3 unspecified atom stereocenters. The lowest BCUT2D eigenvalue weighted by atomic mass is 9.78. The fourth-order valence-corrected chi connectivity index (χ4v) is 2.92. The van der Waals surface area contributed by atoms with E-state index in [1.807, 2.05) is 0 Å². The molecule has 1 aliphatic carbocycles. The lowest BCUT2D eigenvalue weighted by Gasteiger charge is -2.29. The summed E-state index contributed by atoms with van der Waals surface area (Å²) in [6, 6.07) is -0.0568. The Kier molecular flexibility index (Phi) is 4.25. The van der Waals surface area contributed by atoms with E-state index in [1.165, 1.54) is 12.8 Å². The van der Waals surface area contributed by atoms with Crippen molar-refractivity contribution in [1.82, 2.24) is 10.6 Å². The van der Waals surface area contributed by atoms with Crippen LogP contribution in [0.2, 0.25) is 0 Å². The minimum absolute atomic E-state index is 0.0568. The Bertz CT molecular complexity index is 338. The molecule has 0 radical (unpaired) electrons. The molecule has 1 amide bonds. The van der Waals surface area contributed by atoms with E-state index in [1.54, 1.807) is 0 Å². The molecule has 4 heteroatoms. The van der Waals surface area contributed by atoms with Crippen molar-refractivity contribution in [3.05, 3.63) is 0 Å². The third kappa shape index (κ3) is 3.24. The number of nitrogens with one attached hydrogen (secondary N) is 2. The number of carbonyl (C=O) groups is 1. The monoisotopic (exact) mass is 251 g/mol. The Morgan fingerprint density at radius 3 is 2.83 bits per heavy atom. The van der Waals surface area contributed by atoms with Crippen LogP contribution in [0.3, 0.4) is 0 Å². The first-order valence-corrected chi connectivity index (χ1v) is 7.18. The Hall–Kier alpha value is -1.06. The zero-order valence-corrected chi connectivity index (χ0v) is 11.7. The number of hydrogen-bond donors (Lipinski definition) is 2. The molecular weight excluding hydrogens is 226 g/mol. The molecule has 2 fully saturated rings. The molecule has 0 aromatic carbocycles. The number of amides is 1. The number of hydrogen-bond acceptors (Lipinski definition) is 2. The van der Waals surface area contributed by atoms with Gasteiger partial charge >= 0.3 is 0 Å². The maximum absolute atomic E-state index is 12.0. The van der Waals surface area contributed by atoms with Crippen LogP contribution < -0.4 is 10.6 Å². The number of aliphatic imine (C=N–C) groups is 1. The Labute approximate surface area is 110 Å². The van der Waals surface area contributed by atoms with E-state index >= 15 is 0 Å². The highest BCUT2D eigenvalue weighted by molar-refractivity contribution is 6.06. The van der Waals surface area contributed by atoms with Gasteiger partial charge in [-0.15, -0.1) is 0 Å². The molecule has 102 valence electrons. The predicted molar refractivity (Wildman–Crippen MR) is 73.3 cm³/mol. The van der Waals surface area contributed by atoms with E-state index in [0.717, 1.165) is 25.3 Å². The van der Waals surface area contributed by atoms with E-state index in [2.05, 4.69) is 36.4 Å². The first-order valence-electron chi connectivity index (χ1n) is 7.18. The van der Waals surface area contributed by atoms with Crippen molar-refractivity contribution in [3.63, 3.8) is 0 Å². The Morgan fingerprint density at radius 2 is 2.17 bits per heavy atom. The van der Waals surface area contributed by atoms with Gasteiger partial charge in [0.2, 0.25) is 5.91 Å². The maximum atomic E-state index is 12.0. The molecule has 2 N–H and O–H groups in total. The number of rotatable bonds is 3. The third-order valence-electron chi connectivity index (χ3n) is 3.88. The summed E-state index contributed by atoms with van der Waals surface area (Å²) < 4.78 is 0. The first kappa shape index (κ1) is 13.4. The van der Waals surface area contributed by atoms with Crippen molar-refractivity contribution in [2.24, 2.45) is 22.7 Å². The van der Waals surface area contributed by atoms with Crippen LogP contribution in [0.15, 0.2) is 4.99 Å². The van der Waals surface area contributed by atoms with E-state index in [9.17, 15) is 4.79 Å². The molecule has 2 rings (SSSR count). The molecule has 0 aromatic heterocycles. The second-order valence-corrected chi connectivity index (χ2v) is 6.23. The first-order chi connectivity index (χ1) is 8.56. The minimum Gasteiger partial charge on any atom is -0.344 e. The van der Waals surface area contributed by atoms with Gasteiger partial charge in [0.15, 0.2) is 5.96 Å². The summed E-state index contributed by atoms with van der Waals surface area (Å²) in [5.41, 5.74) is 0. The van der Waals surface area contributed by atoms with Gasteiger partial charge < -0.3 is 5.32 Å². The largest absolute Gasteiger partial charge is 0.344 e. The standard InChI is InChI=1S/C14H25N3O/c1-9(2)8-15-14-16-12(13(18)17-14)11-6-4-5-10(3)7-11/h9-12H,4-8H2,1-3H3,(H2,15,16,17,18). The van der Waals surface area contributed by atoms with Gasteiger partial charge in [0, 0.05) is 6.54 Å². The van der Waals surface area contributed by atoms with E-state index in [0.29, 0.717) is 17.8 Å². The summed E-state index contributed by atoms with van der Waals surface area (Å²) in [4.78, 5) is 16.4. The number of guanidine groups is 1. The summed E-state index contributed by atoms with van der Waals surface area (Å²) in [6.07, 6.45) is 4.87. The average Bonchev–Trinajstić information content (AvgIpc) is 2.68. The molecule has 1 saturated heterocycles. The highest BCUT2D eigenvalue weighted by atomic mass is 16.2. The lowest BCUT2D eigenvalue weighted by Crippen LogP contribution is -2.39. The van der Waals surface area contributed by atoms with Crippen LogP contribution in [-0.2, 0) is 4.79 Å².